The number of nitrogens with zero attached hydrogens (tertiary/aromatic N) is 1. The zero-order valence-corrected chi connectivity index (χ0v) is 19.8. The Bertz CT molecular complexity index is 1100. The van der Waals surface area contributed by atoms with E-state index in [9.17, 15) is 9.59 Å². The second-order valence-electron chi connectivity index (χ2n) is 8.29. The first-order valence-electron chi connectivity index (χ1n) is 11.9. The molecule has 5 nitrogen and oxygen atoms in total. The van der Waals surface area contributed by atoms with Crippen LogP contribution in [0.4, 0.5) is 0 Å². The van der Waals surface area contributed by atoms with Crippen molar-refractivity contribution in [2.45, 2.75) is 72.6 Å². The number of ether oxygens (including phenoxy) is 2. The number of benzene rings is 1. The van der Waals surface area contributed by atoms with Gasteiger partial charge in [-0.2, -0.15) is 0 Å². The Kier molecular flexibility index (Phi) is 8.32. The molecule has 0 radical (unpaired) electrons. The zero-order valence-electron chi connectivity index (χ0n) is 19.8. The van der Waals surface area contributed by atoms with Crippen LogP contribution in [0.5, 0.6) is 0 Å². The number of unbranched alkanes of at least 4 members (excludes halogenated alkanes) is 5. The van der Waals surface area contributed by atoms with Crippen molar-refractivity contribution < 1.29 is 19.1 Å². The van der Waals surface area contributed by atoms with Gasteiger partial charge in [-0.3, -0.25) is 0 Å². The van der Waals surface area contributed by atoms with E-state index in [-0.39, 0.29) is 18.9 Å². The summed E-state index contributed by atoms with van der Waals surface area (Å²) in [6.07, 6.45) is 9.52. The van der Waals surface area contributed by atoms with Gasteiger partial charge in [0, 0.05) is 11.6 Å². The first-order valence-corrected chi connectivity index (χ1v) is 11.9. The number of carbonyl (C=O) groups excluding carboxylic acids is 2. The van der Waals surface area contributed by atoms with E-state index in [1.807, 2.05) is 16.7 Å². The minimum absolute atomic E-state index is 0.244. The van der Waals surface area contributed by atoms with Crippen molar-refractivity contribution in [2.75, 3.05) is 13.2 Å². The standard InChI is InChI=1S/C27H35NO4/c1-5-8-9-10-11-12-13-22-23(26(29)31-6-2)25(27(30)32-7-3)28-17-16-20-18-19(4)14-15-21(20)24(22)28/h14-18H,5-13H2,1-4H3. The van der Waals surface area contributed by atoms with E-state index in [1.165, 1.54) is 31.2 Å². The fraction of sp³-hybridized carbons (Fsp3) is 0.481. The molecule has 0 spiro atoms. The maximum Gasteiger partial charge on any atom is 0.356 e. The van der Waals surface area contributed by atoms with E-state index in [0.29, 0.717) is 5.56 Å². The zero-order chi connectivity index (χ0) is 23.1. The van der Waals surface area contributed by atoms with Crippen LogP contribution in [-0.4, -0.2) is 29.6 Å². The highest BCUT2D eigenvalue weighted by atomic mass is 16.5. The van der Waals surface area contributed by atoms with Crippen molar-refractivity contribution in [1.29, 1.82) is 0 Å². The van der Waals surface area contributed by atoms with Gasteiger partial charge in [0.2, 0.25) is 0 Å². The van der Waals surface area contributed by atoms with Gasteiger partial charge >= 0.3 is 11.9 Å². The Morgan fingerprint density at radius 2 is 1.56 bits per heavy atom. The highest BCUT2D eigenvalue weighted by Crippen LogP contribution is 2.33. The van der Waals surface area contributed by atoms with Crippen molar-refractivity contribution in [1.82, 2.24) is 4.40 Å². The summed E-state index contributed by atoms with van der Waals surface area (Å²) in [7, 11) is 0. The summed E-state index contributed by atoms with van der Waals surface area (Å²) < 4.78 is 12.6. The lowest BCUT2D eigenvalue weighted by molar-refractivity contribution is 0.0473. The Morgan fingerprint density at radius 1 is 0.875 bits per heavy atom. The van der Waals surface area contributed by atoms with E-state index in [0.717, 1.165) is 41.1 Å². The molecule has 3 aromatic rings. The molecule has 3 rings (SSSR count). The van der Waals surface area contributed by atoms with Gasteiger partial charge in [-0.25, -0.2) is 9.59 Å². The average Bonchev–Trinajstić information content (AvgIpc) is 3.11. The van der Waals surface area contributed by atoms with Crippen molar-refractivity contribution in [3.05, 3.63) is 52.8 Å². The minimum Gasteiger partial charge on any atom is -0.462 e. The van der Waals surface area contributed by atoms with Crippen LogP contribution in [0.3, 0.4) is 0 Å². The van der Waals surface area contributed by atoms with E-state index in [4.69, 9.17) is 9.47 Å². The number of aryl methyl sites for hydroxylation is 2. The molecule has 0 N–H and O–H groups in total. The molecule has 0 amide bonds. The highest BCUT2D eigenvalue weighted by Gasteiger charge is 2.30. The lowest BCUT2D eigenvalue weighted by Gasteiger charge is -2.08. The van der Waals surface area contributed by atoms with E-state index < -0.39 is 11.9 Å². The summed E-state index contributed by atoms with van der Waals surface area (Å²) >= 11 is 0. The first kappa shape index (κ1) is 23.8. The number of hydrogen-bond acceptors (Lipinski definition) is 4. The predicted molar refractivity (Wildman–Crippen MR) is 129 cm³/mol. The fourth-order valence-electron chi connectivity index (χ4n) is 4.42. The third kappa shape index (κ3) is 4.98. The van der Waals surface area contributed by atoms with Gasteiger partial charge in [0.1, 0.15) is 5.69 Å². The van der Waals surface area contributed by atoms with Crippen molar-refractivity contribution in [3.63, 3.8) is 0 Å². The van der Waals surface area contributed by atoms with Crippen LogP contribution in [-0.2, 0) is 15.9 Å². The first-order chi connectivity index (χ1) is 15.5. The molecule has 0 aliphatic heterocycles. The van der Waals surface area contributed by atoms with E-state index in [2.05, 4.69) is 32.0 Å². The van der Waals surface area contributed by atoms with Gasteiger partial charge in [0.15, 0.2) is 0 Å². The molecule has 32 heavy (non-hydrogen) atoms. The van der Waals surface area contributed by atoms with Crippen LogP contribution >= 0.6 is 0 Å². The van der Waals surface area contributed by atoms with Crippen LogP contribution < -0.4 is 0 Å². The van der Waals surface area contributed by atoms with Gasteiger partial charge in [-0.1, -0.05) is 62.8 Å². The molecule has 2 heterocycles. The number of carbonyl (C=O) groups is 2. The summed E-state index contributed by atoms with van der Waals surface area (Å²) in [5, 5.41) is 2.12. The van der Waals surface area contributed by atoms with Crippen LogP contribution in [0.2, 0.25) is 0 Å². The van der Waals surface area contributed by atoms with Gasteiger partial charge < -0.3 is 13.9 Å². The average molecular weight is 438 g/mol. The van der Waals surface area contributed by atoms with Crippen LogP contribution in [0.15, 0.2) is 30.5 Å². The van der Waals surface area contributed by atoms with E-state index in [1.54, 1.807) is 13.8 Å². The maximum atomic E-state index is 13.1. The predicted octanol–water partition coefficient (Wildman–Crippen LogP) is 6.66. The summed E-state index contributed by atoms with van der Waals surface area (Å²) in [6, 6.07) is 8.26. The molecule has 0 saturated carbocycles. The Balaban J connectivity index is 2.18. The van der Waals surface area contributed by atoms with Crippen LogP contribution in [0.25, 0.3) is 16.3 Å². The molecule has 0 fully saturated rings. The summed E-state index contributed by atoms with van der Waals surface area (Å²) in [5.41, 5.74) is 3.58. The van der Waals surface area contributed by atoms with Gasteiger partial charge in [0.05, 0.1) is 24.3 Å². The second kappa shape index (κ2) is 11.2. The molecule has 2 aromatic heterocycles. The summed E-state index contributed by atoms with van der Waals surface area (Å²) in [5.74, 6) is -0.952. The monoisotopic (exact) mass is 437 g/mol. The normalized spacial score (nSPS) is 11.2. The van der Waals surface area contributed by atoms with Crippen molar-refractivity contribution in [2.24, 2.45) is 0 Å². The molecule has 0 saturated heterocycles. The number of fused-ring (bicyclic) bond motifs is 3. The molecule has 1 aromatic carbocycles. The minimum atomic E-state index is -0.494. The third-order valence-electron chi connectivity index (χ3n) is 5.90. The summed E-state index contributed by atoms with van der Waals surface area (Å²) in [6.45, 7) is 8.32. The number of esters is 2. The third-order valence-corrected chi connectivity index (χ3v) is 5.90. The molecule has 0 atom stereocenters. The SMILES string of the molecule is CCCCCCCCc1c(C(=O)OCC)c(C(=O)OCC)n2ccc3cc(C)ccc3c12. The van der Waals surface area contributed by atoms with Gasteiger partial charge in [0.25, 0.3) is 0 Å². The molecule has 0 aliphatic rings. The molecule has 5 heteroatoms. The number of aromatic nitrogens is 1. The van der Waals surface area contributed by atoms with Crippen molar-refractivity contribution in [3.8, 4) is 0 Å². The Hall–Kier alpha value is -2.82. The summed E-state index contributed by atoms with van der Waals surface area (Å²) in [4.78, 5) is 26.1. The van der Waals surface area contributed by atoms with Crippen molar-refractivity contribution >= 4 is 28.2 Å². The van der Waals surface area contributed by atoms with Gasteiger partial charge in [-0.05, 0) is 50.6 Å². The molecule has 172 valence electrons. The largest absolute Gasteiger partial charge is 0.462 e. The number of hydrogen-bond donors (Lipinski definition) is 0. The molecular formula is C27H35NO4. The highest BCUT2D eigenvalue weighted by molar-refractivity contribution is 6.10. The fourth-order valence-corrected chi connectivity index (χ4v) is 4.42. The van der Waals surface area contributed by atoms with E-state index >= 15 is 0 Å². The topological polar surface area (TPSA) is 57.0 Å². The maximum absolute atomic E-state index is 13.1. The Morgan fingerprint density at radius 3 is 2.28 bits per heavy atom. The number of pyridine rings is 1. The molecule has 0 unspecified atom stereocenters. The van der Waals surface area contributed by atoms with Gasteiger partial charge in [-0.15, -0.1) is 0 Å². The van der Waals surface area contributed by atoms with Crippen LogP contribution in [0, 0.1) is 6.92 Å². The van der Waals surface area contributed by atoms with Crippen LogP contribution in [0.1, 0.15) is 91.3 Å². The smallest absolute Gasteiger partial charge is 0.356 e. The molecule has 0 aliphatic carbocycles. The number of rotatable bonds is 11. The second-order valence-corrected chi connectivity index (χ2v) is 8.29. The lowest BCUT2D eigenvalue weighted by Crippen LogP contribution is -2.15. The molecule has 0 bridgehead atoms. The lowest BCUT2D eigenvalue weighted by atomic mass is 9.99. The molecular weight excluding hydrogens is 402 g/mol. The Labute approximate surface area is 190 Å². The quantitative estimate of drug-likeness (QED) is 0.249.